The van der Waals surface area contributed by atoms with Gasteiger partial charge < -0.3 is 9.88 Å². The number of halogens is 1. The van der Waals surface area contributed by atoms with Crippen molar-refractivity contribution >= 4 is 10.9 Å². The van der Waals surface area contributed by atoms with Gasteiger partial charge in [0.05, 0.1) is 0 Å². The van der Waals surface area contributed by atoms with Crippen molar-refractivity contribution < 1.29 is 4.39 Å². The van der Waals surface area contributed by atoms with Gasteiger partial charge in [0.2, 0.25) is 0 Å². The van der Waals surface area contributed by atoms with Gasteiger partial charge in [0.1, 0.15) is 5.82 Å². The SMILES string of the molecule is Cc1c(C2CCC(Cc3ccccc3)(N(C)C)CC2)[nH]c2ccc(F)cc12. The molecule has 0 saturated heterocycles. The van der Waals surface area contributed by atoms with Gasteiger partial charge in [-0.1, -0.05) is 30.3 Å². The van der Waals surface area contributed by atoms with Crippen molar-refractivity contribution in [3.05, 3.63) is 71.2 Å². The lowest BCUT2D eigenvalue weighted by atomic mass is 9.71. The number of nitrogens with one attached hydrogen (secondary N) is 1. The minimum absolute atomic E-state index is 0.158. The van der Waals surface area contributed by atoms with E-state index in [9.17, 15) is 4.39 Å². The van der Waals surface area contributed by atoms with Crippen LogP contribution in [0.5, 0.6) is 0 Å². The summed E-state index contributed by atoms with van der Waals surface area (Å²) in [5, 5.41) is 1.03. The maximum Gasteiger partial charge on any atom is 0.123 e. The van der Waals surface area contributed by atoms with Crippen molar-refractivity contribution in [1.29, 1.82) is 0 Å². The minimum Gasteiger partial charge on any atom is -0.358 e. The molecule has 3 heteroatoms. The van der Waals surface area contributed by atoms with Crippen LogP contribution < -0.4 is 0 Å². The molecule has 4 rings (SSSR count). The molecular formula is C24H29FN2. The van der Waals surface area contributed by atoms with Crippen LogP contribution in [0.2, 0.25) is 0 Å². The molecule has 0 unspecified atom stereocenters. The molecular weight excluding hydrogens is 335 g/mol. The molecule has 27 heavy (non-hydrogen) atoms. The van der Waals surface area contributed by atoms with E-state index in [-0.39, 0.29) is 11.4 Å². The molecule has 2 nitrogen and oxygen atoms in total. The first-order valence-corrected chi connectivity index (χ1v) is 9.98. The van der Waals surface area contributed by atoms with Crippen LogP contribution in [0, 0.1) is 12.7 Å². The fourth-order valence-corrected chi connectivity index (χ4v) is 4.93. The van der Waals surface area contributed by atoms with Crippen LogP contribution in [0.1, 0.15) is 48.4 Å². The zero-order valence-corrected chi connectivity index (χ0v) is 16.6. The summed E-state index contributed by atoms with van der Waals surface area (Å²) in [5.74, 6) is 0.374. The number of hydrogen-bond acceptors (Lipinski definition) is 1. The lowest BCUT2D eigenvalue weighted by molar-refractivity contribution is 0.0920. The number of nitrogens with zero attached hydrogens (tertiary/aromatic N) is 1. The highest BCUT2D eigenvalue weighted by Crippen LogP contribution is 2.43. The quantitative estimate of drug-likeness (QED) is 0.618. The second kappa shape index (κ2) is 7.12. The maximum atomic E-state index is 13.6. The molecule has 0 amide bonds. The van der Waals surface area contributed by atoms with Gasteiger partial charge >= 0.3 is 0 Å². The summed E-state index contributed by atoms with van der Waals surface area (Å²) in [7, 11) is 4.44. The fourth-order valence-electron chi connectivity index (χ4n) is 4.93. The molecule has 3 aromatic rings. The van der Waals surface area contributed by atoms with Crippen LogP contribution in [-0.4, -0.2) is 29.5 Å². The number of likely N-dealkylation sites (N-methyl/N-ethyl adjacent to an activating group) is 1. The first kappa shape index (κ1) is 18.2. The van der Waals surface area contributed by atoms with Crippen molar-refractivity contribution in [2.45, 2.75) is 50.5 Å². The van der Waals surface area contributed by atoms with Crippen molar-refractivity contribution in [3.8, 4) is 0 Å². The van der Waals surface area contributed by atoms with Gasteiger partial charge in [0, 0.05) is 22.1 Å². The summed E-state index contributed by atoms with van der Waals surface area (Å²) in [6.07, 6.45) is 5.80. The van der Waals surface area contributed by atoms with Crippen molar-refractivity contribution in [3.63, 3.8) is 0 Å². The Morgan fingerprint density at radius 3 is 2.44 bits per heavy atom. The Morgan fingerprint density at radius 1 is 1.07 bits per heavy atom. The predicted molar refractivity (Wildman–Crippen MR) is 111 cm³/mol. The molecule has 0 radical (unpaired) electrons. The third kappa shape index (κ3) is 3.41. The van der Waals surface area contributed by atoms with Crippen LogP contribution in [0.4, 0.5) is 4.39 Å². The van der Waals surface area contributed by atoms with Crippen molar-refractivity contribution in [2.24, 2.45) is 0 Å². The van der Waals surface area contributed by atoms with E-state index in [1.807, 2.05) is 6.07 Å². The smallest absolute Gasteiger partial charge is 0.123 e. The lowest BCUT2D eigenvalue weighted by Gasteiger charge is -2.45. The Kier molecular flexibility index (Phi) is 4.81. The first-order valence-electron chi connectivity index (χ1n) is 9.98. The standard InChI is InChI=1S/C24H29FN2/c1-17-21-15-20(25)9-10-22(21)26-23(17)19-11-13-24(14-12-19,27(2)3)16-18-7-5-4-6-8-18/h4-10,15,19,26H,11-14,16H2,1-3H3. The van der Waals surface area contributed by atoms with Gasteiger partial charge in [0.25, 0.3) is 0 Å². The van der Waals surface area contributed by atoms with Crippen LogP contribution in [0.3, 0.4) is 0 Å². The highest BCUT2D eigenvalue weighted by molar-refractivity contribution is 5.84. The van der Waals surface area contributed by atoms with Crippen LogP contribution in [-0.2, 0) is 6.42 Å². The highest BCUT2D eigenvalue weighted by atomic mass is 19.1. The molecule has 1 aliphatic carbocycles. The van der Waals surface area contributed by atoms with Gasteiger partial charge in [-0.25, -0.2) is 4.39 Å². The maximum absolute atomic E-state index is 13.6. The molecule has 1 aromatic heterocycles. The van der Waals surface area contributed by atoms with E-state index < -0.39 is 0 Å². The van der Waals surface area contributed by atoms with Crippen molar-refractivity contribution in [2.75, 3.05) is 14.1 Å². The number of benzene rings is 2. The first-order chi connectivity index (χ1) is 13.0. The summed E-state index contributed by atoms with van der Waals surface area (Å²) in [6, 6.07) is 15.9. The summed E-state index contributed by atoms with van der Waals surface area (Å²) in [4.78, 5) is 6.02. The fraction of sp³-hybridized carbons (Fsp3) is 0.417. The predicted octanol–water partition coefficient (Wildman–Crippen LogP) is 5.82. The van der Waals surface area contributed by atoms with E-state index in [1.54, 1.807) is 12.1 Å². The van der Waals surface area contributed by atoms with E-state index in [1.165, 1.54) is 42.5 Å². The minimum atomic E-state index is -0.158. The number of rotatable bonds is 4. The molecule has 0 aliphatic heterocycles. The molecule has 0 bridgehead atoms. The molecule has 1 fully saturated rings. The second-order valence-corrected chi connectivity index (χ2v) is 8.41. The number of hydrogen-bond donors (Lipinski definition) is 1. The number of aryl methyl sites for hydroxylation is 1. The average molecular weight is 365 g/mol. The van der Waals surface area contributed by atoms with Crippen LogP contribution in [0.25, 0.3) is 10.9 Å². The Morgan fingerprint density at radius 2 is 1.78 bits per heavy atom. The van der Waals surface area contributed by atoms with E-state index >= 15 is 0 Å². The summed E-state index contributed by atoms with van der Waals surface area (Å²) in [6.45, 7) is 2.13. The number of aromatic nitrogens is 1. The average Bonchev–Trinajstić information content (AvgIpc) is 2.99. The van der Waals surface area contributed by atoms with Crippen LogP contribution in [0.15, 0.2) is 48.5 Å². The third-order valence-corrected chi connectivity index (χ3v) is 6.71. The van der Waals surface area contributed by atoms with Gasteiger partial charge in [-0.2, -0.15) is 0 Å². The van der Waals surface area contributed by atoms with E-state index in [2.05, 4.69) is 61.2 Å². The molecule has 1 N–H and O–H groups in total. The molecule has 2 aromatic carbocycles. The molecule has 0 atom stereocenters. The van der Waals surface area contributed by atoms with Gasteiger partial charge in [-0.15, -0.1) is 0 Å². The van der Waals surface area contributed by atoms with E-state index in [0.29, 0.717) is 5.92 Å². The summed E-state index contributed by atoms with van der Waals surface area (Å²) < 4.78 is 13.6. The van der Waals surface area contributed by atoms with Crippen molar-refractivity contribution in [1.82, 2.24) is 9.88 Å². The Balaban J connectivity index is 1.56. The summed E-state index contributed by atoms with van der Waals surface area (Å²) >= 11 is 0. The van der Waals surface area contributed by atoms with Gasteiger partial charge in [0.15, 0.2) is 0 Å². The lowest BCUT2D eigenvalue weighted by Crippen LogP contribution is -2.48. The molecule has 1 aliphatic rings. The summed E-state index contributed by atoms with van der Waals surface area (Å²) in [5.41, 5.74) is 5.22. The molecule has 1 saturated carbocycles. The van der Waals surface area contributed by atoms with Crippen LogP contribution >= 0.6 is 0 Å². The topological polar surface area (TPSA) is 19.0 Å². The number of fused-ring (bicyclic) bond motifs is 1. The Hall–Kier alpha value is -2.13. The number of H-pyrrole nitrogens is 1. The molecule has 142 valence electrons. The molecule has 1 heterocycles. The normalized spacial score (nSPS) is 23.2. The van der Waals surface area contributed by atoms with E-state index in [4.69, 9.17) is 0 Å². The highest BCUT2D eigenvalue weighted by Gasteiger charge is 2.38. The molecule has 0 spiro atoms. The monoisotopic (exact) mass is 364 g/mol. The number of aromatic amines is 1. The zero-order chi connectivity index (χ0) is 19.0. The van der Waals surface area contributed by atoms with E-state index in [0.717, 1.165) is 17.3 Å². The van der Waals surface area contributed by atoms with Gasteiger partial charge in [-0.05, 0) is 88.4 Å². The Bertz CT molecular complexity index is 918. The largest absolute Gasteiger partial charge is 0.358 e. The Labute approximate surface area is 161 Å². The third-order valence-electron chi connectivity index (χ3n) is 6.71. The zero-order valence-electron chi connectivity index (χ0n) is 16.6. The second-order valence-electron chi connectivity index (χ2n) is 8.41. The van der Waals surface area contributed by atoms with Gasteiger partial charge in [-0.3, -0.25) is 0 Å².